The van der Waals surface area contributed by atoms with Gasteiger partial charge in [-0.2, -0.15) is 0 Å². The van der Waals surface area contributed by atoms with Gasteiger partial charge in [0.25, 0.3) is 0 Å². The number of nitrogens with zero attached hydrogens (tertiary/aromatic N) is 1. The molecule has 1 heterocycles. The molecular weight excluding hydrogens is 232 g/mol. The van der Waals surface area contributed by atoms with Gasteiger partial charge in [0, 0.05) is 10.9 Å². The molecule has 1 aromatic heterocycles. The molecule has 0 spiro atoms. The maximum Gasteiger partial charge on any atom is 0.0929 e. The summed E-state index contributed by atoms with van der Waals surface area (Å²) in [6.07, 6.45) is 4.10. The Morgan fingerprint density at radius 2 is 2.06 bits per heavy atom. The van der Waals surface area contributed by atoms with Crippen LogP contribution >= 0.6 is 11.3 Å². The van der Waals surface area contributed by atoms with Gasteiger partial charge in [0.15, 0.2) is 0 Å². The highest BCUT2D eigenvalue weighted by molar-refractivity contribution is 7.09. The molecule has 0 saturated heterocycles. The summed E-state index contributed by atoms with van der Waals surface area (Å²) in [6, 6.07) is 0. The van der Waals surface area contributed by atoms with Crippen molar-refractivity contribution in [3.05, 3.63) is 16.1 Å². The maximum atomic E-state index is 6.17. The van der Waals surface area contributed by atoms with Crippen molar-refractivity contribution in [3.8, 4) is 0 Å². The molecule has 98 valence electrons. The average Bonchev–Trinajstić information content (AvgIpc) is 2.77. The van der Waals surface area contributed by atoms with E-state index in [9.17, 15) is 0 Å². The van der Waals surface area contributed by atoms with E-state index >= 15 is 0 Å². The third kappa shape index (κ3) is 4.74. The predicted molar refractivity (Wildman–Crippen MR) is 73.3 cm³/mol. The lowest BCUT2D eigenvalue weighted by molar-refractivity contribution is 0.0680. The Kier molecular flexibility index (Phi) is 6.09. The molecule has 17 heavy (non-hydrogen) atoms. The molecule has 0 aliphatic heterocycles. The number of aryl methyl sites for hydroxylation is 1. The lowest BCUT2D eigenvalue weighted by atomic mass is 9.96. The van der Waals surface area contributed by atoms with Crippen molar-refractivity contribution in [2.75, 3.05) is 6.61 Å². The fourth-order valence-corrected chi connectivity index (χ4v) is 2.44. The highest BCUT2D eigenvalue weighted by Gasteiger charge is 2.20. The lowest BCUT2D eigenvalue weighted by Crippen LogP contribution is -2.43. The highest BCUT2D eigenvalue weighted by Crippen LogP contribution is 2.15. The van der Waals surface area contributed by atoms with E-state index in [0.29, 0.717) is 13.2 Å². The molecular formula is C13H24N2OS. The molecule has 1 aromatic rings. The number of thiazole rings is 1. The van der Waals surface area contributed by atoms with Gasteiger partial charge < -0.3 is 10.5 Å². The molecule has 4 heteroatoms. The molecule has 0 atom stereocenters. The van der Waals surface area contributed by atoms with Crippen molar-refractivity contribution < 1.29 is 4.74 Å². The Labute approximate surface area is 108 Å². The second-order valence-corrected chi connectivity index (χ2v) is 5.49. The van der Waals surface area contributed by atoms with Crippen LogP contribution in [0.1, 0.15) is 50.7 Å². The summed E-state index contributed by atoms with van der Waals surface area (Å²) < 4.78 is 5.68. The molecule has 0 amide bonds. The first-order chi connectivity index (χ1) is 8.13. The van der Waals surface area contributed by atoms with Gasteiger partial charge in [0.1, 0.15) is 0 Å². The second-order valence-electron chi connectivity index (χ2n) is 4.54. The van der Waals surface area contributed by atoms with E-state index in [1.165, 1.54) is 5.01 Å². The smallest absolute Gasteiger partial charge is 0.0929 e. The van der Waals surface area contributed by atoms with Crippen LogP contribution in [-0.2, 0) is 17.8 Å². The van der Waals surface area contributed by atoms with E-state index in [-0.39, 0.29) is 5.54 Å². The van der Waals surface area contributed by atoms with E-state index < -0.39 is 0 Å². The third-order valence-electron chi connectivity index (χ3n) is 3.11. The number of hydrogen-bond donors (Lipinski definition) is 1. The molecule has 0 aromatic carbocycles. The molecule has 0 aliphatic rings. The molecule has 0 bridgehead atoms. The third-order valence-corrected chi connectivity index (χ3v) is 4.07. The zero-order chi connectivity index (χ0) is 12.7. The largest absolute Gasteiger partial charge is 0.373 e. The summed E-state index contributed by atoms with van der Waals surface area (Å²) in [5, 5.41) is 3.29. The normalized spacial score (nSPS) is 12.0. The molecule has 1 rings (SSSR count). The van der Waals surface area contributed by atoms with Crippen LogP contribution in [0.5, 0.6) is 0 Å². The Morgan fingerprint density at radius 1 is 1.35 bits per heavy atom. The van der Waals surface area contributed by atoms with Gasteiger partial charge in [0.2, 0.25) is 0 Å². The fraction of sp³-hybridized carbons (Fsp3) is 0.769. The summed E-state index contributed by atoms with van der Waals surface area (Å²) in [6.45, 7) is 7.58. The molecule has 0 unspecified atom stereocenters. The summed E-state index contributed by atoms with van der Waals surface area (Å²) in [5.74, 6) is 0. The summed E-state index contributed by atoms with van der Waals surface area (Å²) >= 11 is 1.72. The van der Waals surface area contributed by atoms with Gasteiger partial charge in [-0.15, -0.1) is 11.3 Å². The number of nitrogens with two attached hydrogens (primary N) is 1. The zero-order valence-electron chi connectivity index (χ0n) is 11.2. The number of rotatable bonds is 8. The van der Waals surface area contributed by atoms with Crippen LogP contribution in [0.2, 0.25) is 0 Å². The first kappa shape index (κ1) is 14.6. The summed E-state index contributed by atoms with van der Waals surface area (Å²) in [7, 11) is 0. The average molecular weight is 256 g/mol. The minimum absolute atomic E-state index is 0.178. The van der Waals surface area contributed by atoms with E-state index in [1.54, 1.807) is 11.3 Å². The number of aromatic nitrogens is 1. The van der Waals surface area contributed by atoms with Gasteiger partial charge in [-0.25, -0.2) is 4.98 Å². The monoisotopic (exact) mass is 256 g/mol. The molecule has 0 saturated carbocycles. The van der Waals surface area contributed by atoms with Crippen LogP contribution in [0.15, 0.2) is 5.38 Å². The number of ether oxygens (including phenoxy) is 1. The Morgan fingerprint density at radius 3 is 2.65 bits per heavy atom. The van der Waals surface area contributed by atoms with Crippen molar-refractivity contribution in [1.29, 1.82) is 0 Å². The fourth-order valence-electron chi connectivity index (χ4n) is 1.56. The predicted octanol–water partition coefficient (Wildman–Crippen LogP) is 3.13. The standard InChI is InChI=1S/C13H24N2OS/c1-4-7-12-15-11(9-17-12)8-16-10-13(14,5-2)6-3/h9H,4-8,10,14H2,1-3H3. The summed E-state index contributed by atoms with van der Waals surface area (Å²) in [4.78, 5) is 4.52. The van der Waals surface area contributed by atoms with Crippen molar-refractivity contribution in [1.82, 2.24) is 4.98 Å². The van der Waals surface area contributed by atoms with Crippen molar-refractivity contribution in [3.63, 3.8) is 0 Å². The van der Waals surface area contributed by atoms with Crippen molar-refractivity contribution in [2.24, 2.45) is 5.73 Å². The number of hydrogen-bond acceptors (Lipinski definition) is 4. The van der Waals surface area contributed by atoms with Gasteiger partial charge in [-0.05, 0) is 25.7 Å². The zero-order valence-corrected chi connectivity index (χ0v) is 12.0. The molecule has 0 aliphatic carbocycles. The molecule has 0 radical (unpaired) electrons. The van der Waals surface area contributed by atoms with Gasteiger partial charge in [-0.1, -0.05) is 20.8 Å². The van der Waals surface area contributed by atoms with Gasteiger partial charge in [-0.3, -0.25) is 0 Å². The van der Waals surface area contributed by atoms with Gasteiger partial charge in [0.05, 0.1) is 23.9 Å². The molecule has 0 fully saturated rings. The van der Waals surface area contributed by atoms with Gasteiger partial charge >= 0.3 is 0 Å². The topological polar surface area (TPSA) is 48.1 Å². The summed E-state index contributed by atoms with van der Waals surface area (Å²) in [5.41, 5.74) is 7.03. The van der Waals surface area contributed by atoms with Crippen LogP contribution in [0.25, 0.3) is 0 Å². The second kappa shape index (κ2) is 7.09. The molecule has 2 N–H and O–H groups in total. The van der Waals surface area contributed by atoms with E-state index in [0.717, 1.165) is 31.4 Å². The first-order valence-electron chi connectivity index (χ1n) is 6.43. The van der Waals surface area contributed by atoms with Crippen molar-refractivity contribution >= 4 is 11.3 Å². The first-order valence-corrected chi connectivity index (χ1v) is 7.31. The van der Waals surface area contributed by atoms with Crippen LogP contribution in [0.4, 0.5) is 0 Å². The van der Waals surface area contributed by atoms with Crippen LogP contribution in [0, 0.1) is 0 Å². The highest BCUT2D eigenvalue weighted by atomic mass is 32.1. The Balaban J connectivity index is 2.34. The van der Waals surface area contributed by atoms with Crippen molar-refractivity contribution in [2.45, 2.75) is 58.6 Å². The van der Waals surface area contributed by atoms with Crippen LogP contribution in [0.3, 0.4) is 0 Å². The van der Waals surface area contributed by atoms with Crippen LogP contribution in [-0.4, -0.2) is 17.1 Å². The van der Waals surface area contributed by atoms with E-state index in [1.807, 2.05) is 0 Å². The van der Waals surface area contributed by atoms with Crippen LogP contribution < -0.4 is 5.73 Å². The molecule has 3 nitrogen and oxygen atoms in total. The van der Waals surface area contributed by atoms with E-state index in [4.69, 9.17) is 10.5 Å². The maximum absolute atomic E-state index is 6.17. The van der Waals surface area contributed by atoms with E-state index in [2.05, 4.69) is 31.1 Å². The lowest BCUT2D eigenvalue weighted by Gasteiger charge is -2.25. The quantitative estimate of drug-likeness (QED) is 0.777. The SMILES string of the molecule is CCCc1nc(COCC(N)(CC)CC)cs1. The minimum Gasteiger partial charge on any atom is -0.373 e. The Hall–Kier alpha value is -0.450. The Bertz CT molecular complexity index is 321. The minimum atomic E-state index is -0.178.